The van der Waals surface area contributed by atoms with Gasteiger partial charge in [-0.3, -0.25) is 0 Å². The van der Waals surface area contributed by atoms with Gasteiger partial charge < -0.3 is 9.64 Å². The van der Waals surface area contributed by atoms with Crippen molar-refractivity contribution >= 4 is 11.7 Å². The molecule has 0 N–H and O–H groups in total. The summed E-state index contributed by atoms with van der Waals surface area (Å²) in [6, 6.07) is 8.60. The zero-order valence-electron chi connectivity index (χ0n) is 15.8. The third-order valence-electron chi connectivity index (χ3n) is 5.27. The molecule has 1 fully saturated rings. The molecule has 3 heteroatoms. The van der Waals surface area contributed by atoms with Crippen LogP contribution in [0.3, 0.4) is 0 Å². The van der Waals surface area contributed by atoms with Crippen molar-refractivity contribution in [3.8, 4) is 0 Å². The average Bonchev–Trinajstić information content (AvgIpc) is 2.83. The van der Waals surface area contributed by atoms with Crippen LogP contribution in [0.25, 0.3) is 0 Å². The number of carbonyl (C=O) groups is 1. The highest BCUT2D eigenvalue weighted by Crippen LogP contribution is 2.32. The molecule has 3 nitrogen and oxygen atoms in total. The summed E-state index contributed by atoms with van der Waals surface area (Å²) < 4.78 is 4.99. The third-order valence-corrected chi connectivity index (χ3v) is 5.27. The summed E-state index contributed by atoms with van der Waals surface area (Å²) in [5, 5.41) is 0. The Kier molecular flexibility index (Phi) is 7.14. The Morgan fingerprint density at radius 3 is 2.33 bits per heavy atom. The molecule has 24 heavy (non-hydrogen) atoms. The number of para-hydroxylation sites is 1. The van der Waals surface area contributed by atoms with Gasteiger partial charge in [-0.15, -0.1) is 0 Å². The van der Waals surface area contributed by atoms with Crippen LogP contribution in [0.5, 0.6) is 0 Å². The van der Waals surface area contributed by atoms with Gasteiger partial charge in [-0.05, 0) is 45.2 Å². The molecule has 0 aromatic heterocycles. The van der Waals surface area contributed by atoms with Gasteiger partial charge in [-0.2, -0.15) is 0 Å². The Hall–Kier alpha value is -1.51. The van der Waals surface area contributed by atoms with E-state index >= 15 is 0 Å². The van der Waals surface area contributed by atoms with E-state index in [-0.39, 0.29) is 5.97 Å². The van der Waals surface area contributed by atoms with E-state index in [9.17, 15) is 4.79 Å². The first-order chi connectivity index (χ1) is 11.5. The molecule has 1 aliphatic carbocycles. The Bertz CT molecular complexity index is 518. The minimum atomic E-state index is -0.252. The Morgan fingerprint density at radius 2 is 1.75 bits per heavy atom. The van der Waals surface area contributed by atoms with Crippen LogP contribution >= 0.6 is 0 Å². The molecule has 0 radical (unpaired) electrons. The molecule has 2 rings (SSSR count). The van der Waals surface area contributed by atoms with Gasteiger partial charge in [-0.25, -0.2) is 4.79 Å². The molecular weight excluding hydrogens is 298 g/mol. The topological polar surface area (TPSA) is 29.5 Å². The second kappa shape index (κ2) is 9.10. The maximum atomic E-state index is 12.2. The monoisotopic (exact) mass is 331 g/mol. The predicted octanol–water partition coefficient (Wildman–Crippen LogP) is 5.44. The van der Waals surface area contributed by atoms with Gasteiger partial charge in [0.05, 0.1) is 18.4 Å². The molecule has 1 saturated carbocycles. The maximum absolute atomic E-state index is 12.2. The lowest BCUT2D eigenvalue weighted by Crippen LogP contribution is -2.41. The van der Waals surface area contributed by atoms with E-state index in [1.165, 1.54) is 52.1 Å². The number of ether oxygens (including phenoxy) is 1. The molecule has 1 unspecified atom stereocenters. The quantitative estimate of drug-likeness (QED) is 0.514. The predicted molar refractivity (Wildman–Crippen MR) is 101 cm³/mol. The van der Waals surface area contributed by atoms with Crippen molar-refractivity contribution in [2.24, 2.45) is 5.92 Å². The summed E-state index contributed by atoms with van der Waals surface area (Å²) in [6.45, 7) is 6.72. The number of hydrogen-bond acceptors (Lipinski definition) is 3. The smallest absolute Gasteiger partial charge is 0.339 e. The van der Waals surface area contributed by atoms with E-state index in [4.69, 9.17) is 4.74 Å². The summed E-state index contributed by atoms with van der Waals surface area (Å²) in [4.78, 5) is 14.6. The van der Waals surface area contributed by atoms with Crippen molar-refractivity contribution in [3.63, 3.8) is 0 Å². The van der Waals surface area contributed by atoms with Crippen molar-refractivity contribution in [2.45, 2.75) is 77.8 Å². The van der Waals surface area contributed by atoms with Gasteiger partial charge in [0, 0.05) is 12.1 Å². The van der Waals surface area contributed by atoms with Gasteiger partial charge >= 0.3 is 5.97 Å². The highest BCUT2D eigenvalue weighted by atomic mass is 16.5. The second-order valence-corrected chi connectivity index (χ2v) is 7.45. The summed E-state index contributed by atoms with van der Waals surface area (Å²) in [6.07, 6.45) is 9.45. The molecule has 0 spiro atoms. The van der Waals surface area contributed by atoms with Gasteiger partial charge in [0.1, 0.15) is 0 Å². The standard InChI is InChI=1S/C21H33NO2/c1-16(2)22(17(3)15-18-11-7-5-6-8-12-18)20-14-10-9-13-19(20)21(23)24-4/h9-10,13-14,16-18H,5-8,11-12,15H2,1-4H3. The molecule has 0 saturated heterocycles. The fraction of sp³-hybridized carbons (Fsp3) is 0.667. The highest BCUT2D eigenvalue weighted by molar-refractivity contribution is 5.95. The number of nitrogens with zero attached hydrogens (tertiary/aromatic N) is 1. The number of benzene rings is 1. The van der Waals surface area contributed by atoms with Crippen LogP contribution in [0.2, 0.25) is 0 Å². The molecule has 0 bridgehead atoms. The fourth-order valence-electron chi connectivity index (χ4n) is 4.20. The molecule has 1 aromatic rings. The van der Waals surface area contributed by atoms with Crippen molar-refractivity contribution < 1.29 is 9.53 Å². The molecule has 0 amide bonds. The summed E-state index contributed by atoms with van der Waals surface area (Å²) in [7, 11) is 1.45. The lowest BCUT2D eigenvalue weighted by molar-refractivity contribution is 0.0601. The van der Waals surface area contributed by atoms with Crippen LogP contribution in [0.4, 0.5) is 5.69 Å². The van der Waals surface area contributed by atoms with Crippen molar-refractivity contribution in [3.05, 3.63) is 29.8 Å². The third kappa shape index (κ3) is 4.75. The van der Waals surface area contributed by atoms with Crippen LogP contribution in [0.1, 0.15) is 76.1 Å². The van der Waals surface area contributed by atoms with E-state index in [0.717, 1.165) is 11.6 Å². The zero-order chi connectivity index (χ0) is 17.5. The van der Waals surface area contributed by atoms with E-state index in [2.05, 4.69) is 31.7 Å². The molecular formula is C21H33NO2. The summed E-state index contributed by atoms with van der Waals surface area (Å²) in [5.41, 5.74) is 1.67. The normalized spacial score (nSPS) is 17.4. The van der Waals surface area contributed by atoms with Gasteiger partial charge in [0.25, 0.3) is 0 Å². The Morgan fingerprint density at radius 1 is 1.12 bits per heavy atom. The molecule has 0 aliphatic heterocycles. The molecule has 1 aliphatic rings. The molecule has 0 heterocycles. The lowest BCUT2D eigenvalue weighted by Gasteiger charge is -2.37. The molecule has 134 valence electrons. The van der Waals surface area contributed by atoms with E-state index in [1.807, 2.05) is 18.2 Å². The van der Waals surface area contributed by atoms with Crippen LogP contribution in [-0.4, -0.2) is 25.2 Å². The van der Waals surface area contributed by atoms with Gasteiger partial charge in [-0.1, -0.05) is 50.7 Å². The van der Waals surface area contributed by atoms with Crippen molar-refractivity contribution in [2.75, 3.05) is 12.0 Å². The van der Waals surface area contributed by atoms with Crippen LogP contribution in [-0.2, 0) is 4.74 Å². The number of methoxy groups -OCH3 is 1. The van der Waals surface area contributed by atoms with Crippen LogP contribution in [0, 0.1) is 5.92 Å². The zero-order valence-corrected chi connectivity index (χ0v) is 15.8. The van der Waals surface area contributed by atoms with E-state index < -0.39 is 0 Å². The number of esters is 1. The number of hydrogen-bond donors (Lipinski definition) is 0. The minimum absolute atomic E-state index is 0.252. The van der Waals surface area contributed by atoms with Gasteiger partial charge in [0.15, 0.2) is 0 Å². The average molecular weight is 332 g/mol. The SMILES string of the molecule is COC(=O)c1ccccc1N(C(C)C)C(C)CC1CCCCCC1. The summed E-state index contributed by atoms with van der Waals surface area (Å²) >= 11 is 0. The first-order valence-electron chi connectivity index (χ1n) is 9.50. The van der Waals surface area contributed by atoms with Crippen LogP contribution < -0.4 is 4.90 Å². The van der Waals surface area contributed by atoms with Crippen LogP contribution in [0.15, 0.2) is 24.3 Å². The largest absolute Gasteiger partial charge is 0.465 e. The van der Waals surface area contributed by atoms with Crippen molar-refractivity contribution in [1.82, 2.24) is 0 Å². The molecule has 1 aromatic carbocycles. The summed E-state index contributed by atoms with van der Waals surface area (Å²) in [5.74, 6) is 0.562. The van der Waals surface area contributed by atoms with E-state index in [1.54, 1.807) is 0 Å². The van der Waals surface area contributed by atoms with E-state index in [0.29, 0.717) is 17.6 Å². The number of carbonyl (C=O) groups excluding carboxylic acids is 1. The fourth-order valence-corrected chi connectivity index (χ4v) is 4.20. The van der Waals surface area contributed by atoms with Crippen molar-refractivity contribution in [1.29, 1.82) is 0 Å². The molecule has 1 atom stereocenters. The number of rotatable bonds is 6. The first-order valence-corrected chi connectivity index (χ1v) is 9.50. The number of anilines is 1. The minimum Gasteiger partial charge on any atom is -0.465 e. The lowest BCUT2D eigenvalue weighted by atomic mass is 9.91. The maximum Gasteiger partial charge on any atom is 0.339 e. The second-order valence-electron chi connectivity index (χ2n) is 7.45. The Labute approximate surface area is 147 Å². The highest BCUT2D eigenvalue weighted by Gasteiger charge is 2.25. The van der Waals surface area contributed by atoms with Gasteiger partial charge in [0.2, 0.25) is 0 Å². The Balaban J connectivity index is 2.21. The first kappa shape index (κ1) is 18.8.